The van der Waals surface area contributed by atoms with Crippen LogP contribution in [0.25, 0.3) is 0 Å². The number of amides is 2. The number of hydrogen-bond donors (Lipinski definition) is 2. The van der Waals surface area contributed by atoms with E-state index in [0.717, 1.165) is 4.31 Å². The molecule has 0 fully saturated rings. The molecule has 0 atom stereocenters. The van der Waals surface area contributed by atoms with E-state index in [0.29, 0.717) is 18.0 Å². The van der Waals surface area contributed by atoms with Gasteiger partial charge >= 0.3 is 0 Å². The number of para-hydroxylation sites is 2. The summed E-state index contributed by atoms with van der Waals surface area (Å²) in [5.74, 6) is -0.252. The van der Waals surface area contributed by atoms with E-state index >= 15 is 0 Å². The first-order valence-corrected chi connectivity index (χ1v) is 10.8. The van der Waals surface area contributed by atoms with E-state index < -0.39 is 22.5 Å². The summed E-state index contributed by atoms with van der Waals surface area (Å²) in [5.41, 5.74) is 0.717. The summed E-state index contributed by atoms with van der Waals surface area (Å²) in [4.78, 5) is 23.6. The second kappa shape index (κ2) is 8.90. The van der Waals surface area contributed by atoms with Crippen LogP contribution < -0.4 is 20.1 Å². The molecule has 1 aliphatic rings. The lowest BCUT2D eigenvalue weighted by Gasteiger charge is -2.22. The number of halogens is 1. The highest BCUT2D eigenvalue weighted by molar-refractivity contribution is 7.89. The van der Waals surface area contributed by atoms with Gasteiger partial charge in [0.25, 0.3) is 5.91 Å². The summed E-state index contributed by atoms with van der Waals surface area (Å²) < 4.78 is 37.5. The quantitative estimate of drug-likeness (QED) is 0.665. The van der Waals surface area contributed by atoms with Gasteiger partial charge in [0, 0.05) is 13.1 Å². The molecule has 3 rings (SSSR count). The van der Waals surface area contributed by atoms with Crippen LogP contribution in [0.5, 0.6) is 11.5 Å². The van der Waals surface area contributed by atoms with E-state index in [-0.39, 0.29) is 33.9 Å². The molecule has 30 heavy (non-hydrogen) atoms. The highest BCUT2D eigenvalue weighted by Gasteiger charge is 2.29. The maximum Gasteiger partial charge on any atom is 0.262 e. The Morgan fingerprint density at radius 2 is 2.07 bits per heavy atom. The van der Waals surface area contributed by atoms with Crippen molar-refractivity contribution in [1.82, 2.24) is 4.31 Å². The number of ether oxygens (including phenoxy) is 2. The third kappa shape index (κ3) is 4.66. The first-order valence-electron chi connectivity index (χ1n) is 8.96. The molecule has 11 heteroatoms. The molecule has 0 bridgehead atoms. The van der Waals surface area contributed by atoms with Gasteiger partial charge in [0.15, 0.2) is 6.61 Å². The number of fused-ring (bicyclic) bond motifs is 1. The zero-order valence-corrected chi connectivity index (χ0v) is 17.8. The predicted octanol–water partition coefficient (Wildman–Crippen LogP) is 2.33. The van der Waals surface area contributed by atoms with Crippen molar-refractivity contribution in [2.45, 2.75) is 11.8 Å². The molecule has 2 N–H and O–H groups in total. The number of nitrogens with one attached hydrogen (secondary N) is 2. The molecule has 160 valence electrons. The van der Waals surface area contributed by atoms with Crippen LogP contribution in [0.15, 0.2) is 41.3 Å². The fraction of sp³-hybridized carbons (Fsp3) is 0.263. The minimum atomic E-state index is -4.11. The van der Waals surface area contributed by atoms with E-state index in [4.69, 9.17) is 21.1 Å². The van der Waals surface area contributed by atoms with Crippen LogP contribution in [0, 0.1) is 0 Å². The van der Waals surface area contributed by atoms with Crippen molar-refractivity contribution in [2.24, 2.45) is 0 Å². The van der Waals surface area contributed by atoms with Crippen molar-refractivity contribution in [3.05, 3.63) is 41.4 Å². The minimum Gasteiger partial charge on any atom is -0.492 e. The molecular weight excluding hydrogens is 434 g/mol. The van der Waals surface area contributed by atoms with Crippen LogP contribution in [0.4, 0.5) is 11.4 Å². The smallest absolute Gasteiger partial charge is 0.262 e. The van der Waals surface area contributed by atoms with Crippen LogP contribution in [0.2, 0.25) is 5.02 Å². The van der Waals surface area contributed by atoms with Gasteiger partial charge < -0.3 is 20.1 Å². The standard InChI is InChI=1S/C19H20ClN3O6S/c1-3-28-15-7-5-4-6-13(15)21-18(24)10-23(2)30(26,27)17-9-16-14(8-12(17)20)22-19(25)11-29-16/h4-9H,3,10-11H2,1-2H3,(H,21,24)(H,22,25). The Morgan fingerprint density at radius 1 is 1.33 bits per heavy atom. The van der Waals surface area contributed by atoms with E-state index in [1.165, 1.54) is 19.2 Å². The van der Waals surface area contributed by atoms with E-state index in [1.54, 1.807) is 24.3 Å². The first-order chi connectivity index (χ1) is 14.2. The summed E-state index contributed by atoms with van der Waals surface area (Å²) >= 11 is 6.13. The summed E-state index contributed by atoms with van der Waals surface area (Å²) in [7, 11) is -2.84. The fourth-order valence-electron chi connectivity index (χ4n) is 2.78. The van der Waals surface area contributed by atoms with Gasteiger partial charge in [-0.05, 0) is 25.1 Å². The van der Waals surface area contributed by atoms with Crippen LogP contribution in [0.1, 0.15) is 6.92 Å². The van der Waals surface area contributed by atoms with Gasteiger partial charge in [-0.2, -0.15) is 4.31 Å². The Bertz CT molecular complexity index is 1090. The molecule has 2 amide bonds. The number of sulfonamides is 1. The zero-order valence-electron chi connectivity index (χ0n) is 16.3. The lowest BCUT2D eigenvalue weighted by Crippen LogP contribution is -2.35. The minimum absolute atomic E-state index is 0.103. The van der Waals surface area contributed by atoms with Crippen LogP contribution >= 0.6 is 11.6 Å². The van der Waals surface area contributed by atoms with Crippen molar-refractivity contribution in [1.29, 1.82) is 0 Å². The van der Waals surface area contributed by atoms with Crippen LogP contribution in [-0.2, 0) is 19.6 Å². The van der Waals surface area contributed by atoms with Gasteiger partial charge in [-0.25, -0.2) is 8.42 Å². The van der Waals surface area contributed by atoms with E-state index in [2.05, 4.69) is 10.6 Å². The number of carbonyl (C=O) groups is 2. The van der Waals surface area contributed by atoms with E-state index in [9.17, 15) is 18.0 Å². The lowest BCUT2D eigenvalue weighted by atomic mass is 10.2. The topological polar surface area (TPSA) is 114 Å². The number of anilines is 2. The van der Waals surface area contributed by atoms with Crippen LogP contribution in [0.3, 0.4) is 0 Å². The second-order valence-corrected chi connectivity index (χ2v) is 8.77. The number of rotatable bonds is 7. The molecule has 1 heterocycles. The number of benzene rings is 2. The fourth-order valence-corrected chi connectivity index (χ4v) is 4.42. The molecular formula is C19H20ClN3O6S. The molecule has 0 aliphatic carbocycles. The SMILES string of the molecule is CCOc1ccccc1NC(=O)CN(C)S(=O)(=O)c1cc2c(cc1Cl)NC(=O)CO2. The Morgan fingerprint density at radius 3 is 2.80 bits per heavy atom. The highest BCUT2D eigenvalue weighted by atomic mass is 35.5. The Kier molecular flexibility index (Phi) is 6.49. The molecule has 0 radical (unpaired) electrons. The Hall–Kier alpha value is -2.82. The third-order valence-electron chi connectivity index (χ3n) is 4.18. The molecule has 0 unspecified atom stereocenters. The summed E-state index contributed by atoms with van der Waals surface area (Å²) in [5, 5.41) is 5.09. The largest absolute Gasteiger partial charge is 0.492 e. The molecule has 0 spiro atoms. The normalized spacial score (nSPS) is 13.3. The van der Waals surface area contributed by atoms with Crippen molar-refractivity contribution in [3.8, 4) is 11.5 Å². The number of nitrogens with zero attached hydrogens (tertiary/aromatic N) is 1. The number of carbonyl (C=O) groups excluding carboxylic acids is 2. The molecule has 0 saturated heterocycles. The Labute approximate surface area is 179 Å². The molecule has 1 aliphatic heterocycles. The van der Waals surface area contributed by atoms with E-state index in [1.807, 2.05) is 6.92 Å². The summed E-state index contributed by atoms with van der Waals surface area (Å²) in [6, 6.07) is 9.37. The summed E-state index contributed by atoms with van der Waals surface area (Å²) in [6.45, 7) is 1.55. The second-order valence-electron chi connectivity index (χ2n) is 6.35. The van der Waals surface area contributed by atoms with Gasteiger partial charge in [-0.1, -0.05) is 23.7 Å². The monoisotopic (exact) mass is 453 g/mol. The average molecular weight is 454 g/mol. The molecule has 9 nitrogen and oxygen atoms in total. The summed E-state index contributed by atoms with van der Waals surface area (Å²) in [6.07, 6.45) is 0. The Balaban J connectivity index is 1.77. The maximum absolute atomic E-state index is 13.0. The van der Waals surface area contributed by atoms with Crippen molar-refractivity contribution in [3.63, 3.8) is 0 Å². The van der Waals surface area contributed by atoms with Crippen molar-refractivity contribution < 1.29 is 27.5 Å². The number of likely N-dealkylation sites (N-methyl/N-ethyl adjacent to an activating group) is 1. The maximum atomic E-state index is 13.0. The van der Waals surface area contributed by atoms with Gasteiger partial charge in [0.2, 0.25) is 15.9 Å². The van der Waals surface area contributed by atoms with Gasteiger partial charge in [-0.15, -0.1) is 0 Å². The average Bonchev–Trinajstić information content (AvgIpc) is 2.68. The van der Waals surface area contributed by atoms with Gasteiger partial charge in [0.1, 0.15) is 16.4 Å². The van der Waals surface area contributed by atoms with Crippen LogP contribution in [-0.4, -0.2) is 51.3 Å². The molecule has 2 aromatic rings. The predicted molar refractivity (Wildman–Crippen MR) is 112 cm³/mol. The first kappa shape index (κ1) is 21.9. The van der Waals surface area contributed by atoms with Gasteiger partial charge in [0.05, 0.1) is 29.5 Å². The molecule has 0 saturated carbocycles. The highest BCUT2D eigenvalue weighted by Crippen LogP contribution is 2.36. The third-order valence-corrected chi connectivity index (χ3v) is 6.45. The van der Waals surface area contributed by atoms with Crippen molar-refractivity contribution >= 4 is 44.8 Å². The lowest BCUT2D eigenvalue weighted by molar-refractivity contribution is -0.118. The number of hydrogen-bond acceptors (Lipinski definition) is 6. The zero-order chi connectivity index (χ0) is 21.9. The molecule has 0 aromatic heterocycles. The van der Waals surface area contributed by atoms with Gasteiger partial charge in [-0.3, -0.25) is 9.59 Å². The molecule has 2 aromatic carbocycles. The van der Waals surface area contributed by atoms with Crippen molar-refractivity contribution in [2.75, 3.05) is 37.4 Å².